The van der Waals surface area contributed by atoms with Gasteiger partial charge < -0.3 is 0 Å². The van der Waals surface area contributed by atoms with E-state index in [1.807, 2.05) is 18.3 Å². The van der Waals surface area contributed by atoms with Gasteiger partial charge >= 0.3 is 6.03 Å². The van der Waals surface area contributed by atoms with E-state index in [0.29, 0.717) is 19.0 Å². The summed E-state index contributed by atoms with van der Waals surface area (Å²) in [6, 6.07) is 10.8. The molecular weight excluding hydrogens is 409 g/mol. The first-order chi connectivity index (χ1) is 15.6. The minimum absolute atomic E-state index is 0.133. The maximum absolute atomic E-state index is 13.9. The first kappa shape index (κ1) is 20.6. The summed E-state index contributed by atoms with van der Waals surface area (Å²) in [4.78, 5) is 27.6. The zero-order valence-corrected chi connectivity index (χ0v) is 17.8. The van der Waals surface area contributed by atoms with E-state index in [4.69, 9.17) is 0 Å². The van der Waals surface area contributed by atoms with Gasteiger partial charge in [-0.3, -0.25) is 19.9 Å². The molecule has 4 heterocycles. The van der Waals surface area contributed by atoms with Crippen LogP contribution in [0.25, 0.3) is 5.52 Å². The topological polar surface area (TPSA) is 70.0 Å². The third-order valence-corrected chi connectivity index (χ3v) is 6.49. The van der Waals surface area contributed by atoms with E-state index in [2.05, 4.69) is 27.4 Å². The number of hydrogen-bond donors (Lipinski definition) is 1. The molecule has 32 heavy (non-hydrogen) atoms. The summed E-state index contributed by atoms with van der Waals surface area (Å²) < 4.78 is 15.7. The summed E-state index contributed by atoms with van der Waals surface area (Å²) in [6.45, 7) is 2.93. The van der Waals surface area contributed by atoms with Gasteiger partial charge in [-0.2, -0.15) is 5.10 Å². The Morgan fingerprint density at radius 3 is 2.69 bits per heavy atom. The Labute approximate surface area is 185 Å². The molecule has 0 atom stereocenters. The van der Waals surface area contributed by atoms with Crippen molar-refractivity contribution in [1.29, 1.82) is 0 Å². The van der Waals surface area contributed by atoms with Crippen LogP contribution in [0.4, 0.5) is 14.9 Å². The second kappa shape index (κ2) is 8.70. The largest absolute Gasteiger partial charge is 0.328 e. The number of piperidine rings is 1. The smallest absolute Gasteiger partial charge is 0.299 e. The SMILES string of the molecule is O=C1CCN(c2cnn3ccc(CC4CCN(Cc5ccccc5F)CC4)cc23)C(=O)N1. The number of hydrogen-bond acceptors (Lipinski definition) is 4. The molecule has 166 valence electrons. The third-order valence-electron chi connectivity index (χ3n) is 6.49. The number of halogens is 1. The Morgan fingerprint density at radius 1 is 1.09 bits per heavy atom. The fourth-order valence-electron chi connectivity index (χ4n) is 4.69. The highest BCUT2D eigenvalue weighted by molar-refractivity contribution is 6.07. The number of carbonyl (C=O) groups excluding carboxylic acids is 2. The lowest BCUT2D eigenvalue weighted by Crippen LogP contribution is -2.49. The van der Waals surface area contributed by atoms with Crippen LogP contribution < -0.4 is 10.2 Å². The predicted molar refractivity (Wildman–Crippen MR) is 119 cm³/mol. The molecule has 7 nitrogen and oxygen atoms in total. The van der Waals surface area contributed by atoms with E-state index >= 15 is 0 Å². The van der Waals surface area contributed by atoms with Crippen LogP contribution in [0.15, 0.2) is 48.8 Å². The van der Waals surface area contributed by atoms with Crippen LogP contribution in [0.2, 0.25) is 0 Å². The highest BCUT2D eigenvalue weighted by Gasteiger charge is 2.27. The molecule has 2 aliphatic heterocycles. The van der Waals surface area contributed by atoms with Crippen molar-refractivity contribution in [3.8, 4) is 0 Å². The van der Waals surface area contributed by atoms with Crippen molar-refractivity contribution < 1.29 is 14.0 Å². The first-order valence-corrected chi connectivity index (χ1v) is 11.1. The lowest BCUT2D eigenvalue weighted by molar-refractivity contribution is -0.120. The van der Waals surface area contributed by atoms with Gasteiger partial charge in [0.05, 0.1) is 17.4 Å². The number of rotatable bonds is 5. The van der Waals surface area contributed by atoms with Crippen molar-refractivity contribution in [2.24, 2.45) is 5.92 Å². The highest BCUT2D eigenvalue weighted by atomic mass is 19.1. The van der Waals surface area contributed by atoms with Crippen LogP contribution in [0, 0.1) is 11.7 Å². The molecule has 3 amide bonds. The van der Waals surface area contributed by atoms with Gasteiger partial charge in [-0.05, 0) is 62.0 Å². The molecule has 0 radical (unpaired) electrons. The molecule has 8 heteroatoms. The van der Waals surface area contributed by atoms with Crippen molar-refractivity contribution >= 4 is 23.1 Å². The molecule has 1 N–H and O–H groups in total. The van der Waals surface area contributed by atoms with E-state index in [1.165, 1.54) is 11.6 Å². The molecule has 1 aromatic carbocycles. The molecule has 0 aliphatic carbocycles. The number of aromatic nitrogens is 2. The van der Waals surface area contributed by atoms with Gasteiger partial charge in [-0.25, -0.2) is 13.7 Å². The average Bonchev–Trinajstić information content (AvgIpc) is 3.20. The lowest BCUT2D eigenvalue weighted by Gasteiger charge is -2.32. The second-order valence-electron chi connectivity index (χ2n) is 8.66. The van der Waals surface area contributed by atoms with E-state index in [0.717, 1.165) is 49.1 Å². The summed E-state index contributed by atoms with van der Waals surface area (Å²) in [5, 5.41) is 6.74. The molecule has 2 fully saturated rings. The maximum Gasteiger partial charge on any atom is 0.328 e. The van der Waals surface area contributed by atoms with Gasteiger partial charge in [0.25, 0.3) is 0 Å². The van der Waals surface area contributed by atoms with Gasteiger partial charge in [0.2, 0.25) is 5.91 Å². The van der Waals surface area contributed by atoms with E-state index in [9.17, 15) is 14.0 Å². The molecule has 0 unspecified atom stereocenters. The minimum atomic E-state index is -0.399. The normalized spacial score (nSPS) is 18.3. The number of pyridine rings is 1. The van der Waals surface area contributed by atoms with E-state index < -0.39 is 6.03 Å². The number of amides is 3. The summed E-state index contributed by atoms with van der Waals surface area (Å²) in [5.74, 6) is 0.188. The Kier molecular flexibility index (Phi) is 5.61. The van der Waals surface area contributed by atoms with Gasteiger partial charge in [0.1, 0.15) is 5.82 Å². The number of imide groups is 1. The summed E-state index contributed by atoms with van der Waals surface area (Å²) in [7, 11) is 0. The number of fused-ring (bicyclic) bond motifs is 1. The zero-order chi connectivity index (χ0) is 22.1. The first-order valence-electron chi connectivity index (χ1n) is 11.1. The molecule has 0 spiro atoms. The Morgan fingerprint density at radius 2 is 1.91 bits per heavy atom. The number of benzene rings is 1. The minimum Gasteiger partial charge on any atom is -0.299 e. The summed E-state index contributed by atoms with van der Waals surface area (Å²) in [6.07, 6.45) is 6.99. The number of carbonyl (C=O) groups is 2. The fourth-order valence-corrected chi connectivity index (χ4v) is 4.69. The Hall–Kier alpha value is -3.26. The van der Waals surface area contributed by atoms with Gasteiger partial charge in [-0.1, -0.05) is 18.2 Å². The zero-order valence-electron chi connectivity index (χ0n) is 17.8. The number of urea groups is 1. The standard InChI is InChI=1S/C24H26FN5O2/c25-20-4-2-1-3-19(20)16-28-9-5-17(6-10-28)13-18-7-12-30-21(14-18)22(15-26-30)29-11-8-23(31)27-24(29)32/h1-4,7,12,14-15,17H,5-6,8-11,13,16H2,(H,27,31,32). The number of anilines is 1. The van der Waals surface area contributed by atoms with Crippen LogP contribution in [0.1, 0.15) is 30.4 Å². The lowest BCUT2D eigenvalue weighted by atomic mass is 9.90. The monoisotopic (exact) mass is 435 g/mol. The predicted octanol–water partition coefficient (Wildman–Crippen LogP) is 3.37. The van der Waals surface area contributed by atoms with Gasteiger partial charge in [0.15, 0.2) is 0 Å². The van der Waals surface area contributed by atoms with Crippen LogP contribution in [-0.2, 0) is 17.8 Å². The molecule has 2 aliphatic rings. The van der Waals surface area contributed by atoms with Gasteiger partial charge in [0, 0.05) is 31.3 Å². The molecule has 2 saturated heterocycles. The van der Waals surface area contributed by atoms with Crippen LogP contribution in [0.5, 0.6) is 0 Å². The van der Waals surface area contributed by atoms with Crippen molar-refractivity contribution in [3.05, 3.63) is 65.7 Å². The third kappa shape index (κ3) is 4.23. The van der Waals surface area contributed by atoms with Crippen molar-refractivity contribution in [1.82, 2.24) is 19.8 Å². The number of nitrogens with zero attached hydrogens (tertiary/aromatic N) is 4. The Bertz CT molecular complexity index is 1150. The van der Waals surface area contributed by atoms with Crippen LogP contribution >= 0.6 is 0 Å². The number of nitrogens with one attached hydrogen (secondary N) is 1. The van der Waals surface area contributed by atoms with Crippen LogP contribution in [0.3, 0.4) is 0 Å². The quantitative estimate of drug-likeness (QED) is 0.667. The van der Waals surface area contributed by atoms with Gasteiger partial charge in [-0.15, -0.1) is 0 Å². The van der Waals surface area contributed by atoms with Crippen LogP contribution in [-0.4, -0.2) is 46.1 Å². The molecular formula is C24H26FN5O2. The fraction of sp³-hybridized carbons (Fsp3) is 0.375. The highest BCUT2D eigenvalue weighted by Crippen LogP contribution is 2.27. The Balaban J connectivity index is 1.24. The van der Waals surface area contributed by atoms with Crippen molar-refractivity contribution in [3.63, 3.8) is 0 Å². The molecule has 0 saturated carbocycles. The molecule has 2 aromatic heterocycles. The summed E-state index contributed by atoms with van der Waals surface area (Å²) >= 11 is 0. The molecule has 0 bridgehead atoms. The second-order valence-corrected chi connectivity index (χ2v) is 8.66. The van der Waals surface area contributed by atoms with E-state index in [1.54, 1.807) is 21.7 Å². The maximum atomic E-state index is 13.9. The summed E-state index contributed by atoms with van der Waals surface area (Å²) in [5.41, 5.74) is 3.55. The number of likely N-dealkylation sites (tertiary alicyclic amines) is 1. The van der Waals surface area contributed by atoms with Crippen molar-refractivity contribution in [2.45, 2.75) is 32.2 Å². The van der Waals surface area contributed by atoms with Crippen molar-refractivity contribution in [2.75, 3.05) is 24.5 Å². The molecule has 3 aromatic rings. The molecule has 5 rings (SSSR count). The van der Waals surface area contributed by atoms with E-state index in [-0.39, 0.29) is 18.1 Å². The average molecular weight is 436 g/mol.